The van der Waals surface area contributed by atoms with E-state index in [-0.39, 0.29) is 36.2 Å². The molecule has 0 spiro atoms. The van der Waals surface area contributed by atoms with Gasteiger partial charge in [-0.1, -0.05) is 30.3 Å². The van der Waals surface area contributed by atoms with E-state index in [2.05, 4.69) is 12.1 Å². The molecule has 0 heterocycles. The number of rotatable bonds is 3. The molecule has 56 valence electrons. The number of benzene rings is 1. The van der Waals surface area contributed by atoms with E-state index >= 15 is 0 Å². The number of hydrogen-bond donors (Lipinski definition) is 1. The van der Waals surface area contributed by atoms with Crippen LogP contribution in [0.3, 0.4) is 0 Å². The van der Waals surface area contributed by atoms with Gasteiger partial charge >= 0.3 is 29.6 Å². The molecule has 0 aliphatic rings. The van der Waals surface area contributed by atoms with E-state index in [0.717, 1.165) is 12.8 Å². The summed E-state index contributed by atoms with van der Waals surface area (Å²) in [6.45, 7) is 0.287. The maximum atomic E-state index is 8.53. The van der Waals surface area contributed by atoms with Crippen molar-refractivity contribution in [1.82, 2.24) is 0 Å². The fourth-order valence-electron chi connectivity index (χ4n) is 0.928. The van der Waals surface area contributed by atoms with Gasteiger partial charge in [0.2, 0.25) is 0 Å². The summed E-state index contributed by atoms with van der Waals surface area (Å²) in [5.41, 5.74) is 1.30. The van der Waals surface area contributed by atoms with Gasteiger partial charge in [0, 0.05) is 6.61 Å². The Bertz CT molecular complexity index is 174. The van der Waals surface area contributed by atoms with Gasteiger partial charge in [-0.2, -0.15) is 0 Å². The second kappa shape index (κ2) is 6.86. The van der Waals surface area contributed by atoms with Crippen molar-refractivity contribution in [3.05, 3.63) is 35.9 Å². The van der Waals surface area contributed by atoms with Crippen molar-refractivity contribution in [2.45, 2.75) is 12.8 Å². The minimum atomic E-state index is 0. The van der Waals surface area contributed by atoms with Crippen LogP contribution in [0.2, 0.25) is 0 Å². The number of aryl methyl sites for hydroxylation is 1. The van der Waals surface area contributed by atoms with Crippen LogP contribution in [-0.4, -0.2) is 41.3 Å². The fraction of sp³-hybridized carbons (Fsp3) is 0.333. The van der Waals surface area contributed by atoms with Crippen LogP contribution in [0.15, 0.2) is 30.3 Å². The zero-order valence-electron chi connectivity index (χ0n) is 5.96. The summed E-state index contributed by atoms with van der Waals surface area (Å²) in [7, 11) is 0. The molecule has 0 unspecified atom stereocenters. The average molecular weight is 160 g/mol. The van der Waals surface area contributed by atoms with Crippen LogP contribution in [0.25, 0.3) is 0 Å². The SMILES string of the molecule is OCCCc1ccccc1.[NaH]. The molecule has 0 bridgehead atoms. The van der Waals surface area contributed by atoms with Crippen molar-refractivity contribution < 1.29 is 5.11 Å². The summed E-state index contributed by atoms with van der Waals surface area (Å²) < 4.78 is 0. The molecule has 11 heavy (non-hydrogen) atoms. The van der Waals surface area contributed by atoms with Gasteiger partial charge in [-0.05, 0) is 18.4 Å². The third kappa shape index (κ3) is 4.59. The van der Waals surface area contributed by atoms with Crippen molar-refractivity contribution in [2.24, 2.45) is 0 Å². The van der Waals surface area contributed by atoms with Gasteiger partial charge in [-0.25, -0.2) is 0 Å². The van der Waals surface area contributed by atoms with Crippen molar-refractivity contribution in [1.29, 1.82) is 0 Å². The second-order valence-corrected chi connectivity index (χ2v) is 2.31. The molecule has 0 aliphatic heterocycles. The van der Waals surface area contributed by atoms with Gasteiger partial charge in [0.25, 0.3) is 0 Å². The summed E-state index contributed by atoms with van der Waals surface area (Å²) in [5, 5.41) is 8.53. The number of aliphatic hydroxyl groups is 1. The quantitative estimate of drug-likeness (QED) is 0.653. The van der Waals surface area contributed by atoms with E-state index < -0.39 is 0 Å². The Hall–Kier alpha value is 0.180. The van der Waals surface area contributed by atoms with Gasteiger partial charge in [-0.3, -0.25) is 0 Å². The third-order valence-corrected chi connectivity index (χ3v) is 1.47. The normalized spacial score (nSPS) is 8.82. The summed E-state index contributed by atoms with van der Waals surface area (Å²) in [6, 6.07) is 10.2. The third-order valence-electron chi connectivity index (χ3n) is 1.47. The monoisotopic (exact) mass is 160 g/mol. The van der Waals surface area contributed by atoms with E-state index in [1.807, 2.05) is 18.2 Å². The molecular weight excluding hydrogens is 147 g/mol. The molecule has 0 saturated carbocycles. The zero-order valence-corrected chi connectivity index (χ0v) is 5.96. The summed E-state index contributed by atoms with van der Waals surface area (Å²) in [5.74, 6) is 0. The van der Waals surface area contributed by atoms with E-state index in [1.54, 1.807) is 0 Å². The van der Waals surface area contributed by atoms with Crippen LogP contribution >= 0.6 is 0 Å². The van der Waals surface area contributed by atoms with Crippen LogP contribution in [0.1, 0.15) is 12.0 Å². The molecule has 2 heteroatoms. The molecule has 0 radical (unpaired) electrons. The molecule has 0 fully saturated rings. The molecule has 1 aromatic rings. The predicted molar refractivity (Wildman–Crippen MR) is 49.0 cm³/mol. The summed E-state index contributed by atoms with van der Waals surface area (Å²) in [6.07, 6.45) is 1.85. The fourth-order valence-corrected chi connectivity index (χ4v) is 0.928. The molecule has 0 aromatic heterocycles. The first-order valence-corrected chi connectivity index (χ1v) is 3.58. The topological polar surface area (TPSA) is 20.2 Å². The first-order chi connectivity index (χ1) is 4.93. The first-order valence-electron chi connectivity index (χ1n) is 3.58. The summed E-state index contributed by atoms with van der Waals surface area (Å²) >= 11 is 0. The van der Waals surface area contributed by atoms with Crippen molar-refractivity contribution in [2.75, 3.05) is 6.61 Å². The van der Waals surface area contributed by atoms with E-state index in [4.69, 9.17) is 5.11 Å². The van der Waals surface area contributed by atoms with Crippen LogP contribution < -0.4 is 0 Å². The van der Waals surface area contributed by atoms with E-state index in [1.165, 1.54) is 5.56 Å². The minimum absolute atomic E-state index is 0. The Balaban J connectivity index is 0.000001000. The molecule has 1 aromatic carbocycles. The molecule has 0 atom stereocenters. The number of hydrogen-bond acceptors (Lipinski definition) is 1. The van der Waals surface area contributed by atoms with Gasteiger partial charge < -0.3 is 5.11 Å². The van der Waals surface area contributed by atoms with Crippen LogP contribution in [0.4, 0.5) is 0 Å². The Morgan fingerprint density at radius 3 is 2.27 bits per heavy atom. The second-order valence-electron chi connectivity index (χ2n) is 2.31. The molecular formula is C9H13NaO. The van der Waals surface area contributed by atoms with Gasteiger partial charge in [0.1, 0.15) is 0 Å². The predicted octanol–water partition coefficient (Wildman–Crippen LogP) is 0.963. The molecule has 1 N–H and O–H groups in total. The molecule has 1 nitrogen and oxygen atoms in total. The Labute approximate surface area is 89.7 Å². The van der Waals surface area contributed by atoms with Crippen LogP contribution in [-0.2, 0) is 6.42 Å². The molecule has 0 saturated heterocycles. The van der Waals surface area contributed by atoms with Gasteiger partial charge in [-0.15, -0.1) is 0 Å². The molecule has 0 amide bonds. The van der Waals surface area contributed by atoms with E-state index in [9.17, 15) is 0 Å². The van der Waals surface area contributed by atoms with Crippen molar-refractivity contribution >= 4 is 29.6 Å². The average Bonchev–Trinajstić information content (AvgIpc) is 2.03. The Morgan fingerprint density at radius 2 is 1.73 bits per heavy atom. The first kappa shape index (κ1) is 11.2. The van der Waals surface area contributed by atoms with Gasteiger partial charge in [0.15, 0.2) is 0 Å². The molecule has 1 rings (SSSR count). The standard InChI is InChI=1S/C9H12O.Na.H/c10-8-4-7-9-5-2-1-3-6-9;;/h1-3,5-6,10H,4,7-8H2;;. The van der Waals surface area contributed by atoms with Crippen LogP contribution in [0, 0.1) is 0 Å². The van der Waals surface area contributed by atoms with Crippen LogP contribution in [0.5, 0.6) is 0 Å². The van der Waals surface area contributed by atoms with E-state index in [0.29, 0.717) is 0 Å². The molecule has 0 aliphatic carbocycles. The van der Waals surface area contributed by atoms with Crippen molar-refractivity contribution in [3.63, 3.8) is 0 Å². The Morgan fingerprint density at radius 1 is 1.09 bits per heavy atom. The van der Waals surface area contributed by atoms with Crippen molar-refractivity contribution in [3.8, 4) is 0 Å². The maximum absolute atomic E-state index is 8.53. The number of aliphatic hydroxyl groups excluding tert-OH is 1. The van der Waals surface area contributed by atoms with Gasteiger partial charge in [0.05, 0.1) is 0 Å². The Kier molecular flexibility index (Phi) is 6.98. The zero-order chi connectivity index (χ0) is 7.23. The summed E-state index contributed by atoms with van der Waals surface area (Å²) in [4.78, 5) is 0.